The number of rotatable bonds is 7. The Kier molecular flexibility index (Phi) is 5.48. The predicted molar refractivity (Wildman–Crippen MR) is 94.8 cm³/mol. The van der Waals surface area contributed by atoms with E-state index < -0.39 is 0 Å². The summed E-state index contributed by atoms with van der Waals surface area (Å²) < 4.78 is 7.49. The summed E-state index contributed by atoms with van der Waals surface area (Å²) in [5.41, 5.74) is 7.86. The quantitative estimate of drug-likeness (QED) is 0.764. The lowest BCUT2D eigenvalue weighted by Gasteiger charge is -2.13. The van der Waals surface area contributed by atoms with E-state index in [2.05, 4.69) is 14.9 Å². The SMILES string of the molecule is CCOCCCn1c(NC(=O)C2CCC(N)C2)nc2ccccc21. The molecule has 2 unspecified atom stereocenters. The number of para-hydroxylation sites is 2. The van der Waals surface area contributed by atoms with E-state index in [1.54, 1.807) is 0 Å². The zero-order chi connectivity index (χ0) is 16.9. The minimum Gasteiger partial charge on any atom is -0.382 e. The second-order valence-electron chi connectivity index (χ2n) is 6.39. The summed E-state index contributed by atoms with van der Waals surface area (Å²) in [7, 11) is 0. The number of nitrogens with two attached hydrogens (primary N) is 1. The van der Waals surface area contributed by atoms with Crippen molar-refractivity contribution in [2.75, 3.05) is 18.5 Å². The number of aromatic nitrogens is 2. The van der Waals surface area contributed by atoms with Gasteiger partial charge in [-0.25, -0.2) is 4.98 Å². The van der Waals surface area contributed by atoms with E-state index in [1.165, 1.54) is 0 Å². The highest BCUT2D eigenvalue weighted by Crippen LogP contribution is 2.26. The van der Waals surface area contributed by atoms with Gasteiger partial charge in [-0.3, -0.25) is 10.1 Å². The molecule has 6 heteroatoms. The van der Waals surface area contributed by atoms with E-state index in [-0.39, 0.29) is 17.9 Å². The van der Waals surface area contributed by atoms with Gasteiger partial charge in [0.25, 0.3) is 0 Å². The number of carbonyl (C=O) groups is 1. The van der Waals surface area contributed by atoms with Crippen LogP contribution >= 0.6 is 0 Å². The van der Waals surface area contributed by atoms with Crippen molar-refractivity contribution in [2.45, 2.75) is 45.2 Å². The number of hydrogen-bond donors (Lipinski definition) is 2. The van der Waals surface area contributed by atoms with Crippen LogP contribution in [0.3, 0.4) is 0 Å². The Bertz CT molecular complexity index is 697. The molecule has 1 aliphatic carbocycles. The summed E-state index contributed by atoms with van der Waals surface area (Å²) in [5.74, 6) is 0.652. The van der Waals surface area contributed by atoms with Gasteiger partial charge < -0.3 is 15.0 Å². The van der Waals surface area contributed by atoms with Gasteiger partial charge in [-0.15, -0.1) is 0 Å². The monoisotopic (exact) mass is 330 g/mol. The highest BCUT2D eigenvalue weighted by molar-refractivity contribution is 5.93. The fourth-order valence-corrected chi connectivity index (χ4v) is 3.33. The number of nitrogens with one attached hydrogen (secondary N) is 1. The smallest absolute Gasteiger partial charge is 0.229 e. The molecule has 0 saturated heterocycles. The lowest BCUT2D eigenvalue weighted by atomic mass is 10.1. The summed E-state index contributed by atoms with van der Waals surface area (Å²) in [5, 5.41) is 3.02. The molecule has 1 fully saturated rings. The summed E-state index contributed by atoms with van der Waals surface area (Å²) in [4.78, 5) is 17.1. The van der Waals surface area contributed by atoms with Gasteiger partial charge in [-0.1, -0.05) is 12.1 Å². The van der Waals surface area contributed by atoms with Crippen LogP contribution in [0.5, 0.6) is 0 Å². The summed E-state index contributed by atoms with van der Waals surface area (Å²) in [6, 6.07) is 8.09. The fraction of sp³-hybridized carbons (Fsp3) is 0.556. The van der Waals surface area contributed by atoms with Gasteiger partial charge >= 0.3 is 0 Å². The molecule has 1 aliphatic rings. The lowest BCUT2D eigenvalue weighted by Crippen LogP contribution is -2.25. The van der Waals surface area contributed by atoms with Gasteiger partial charge in [0.05, 0.1) is 11.0 Å². The molecule has 1 amide bonds. The molecule has 24 heavy (non-hydrogen) atoms. The normalized spacial score (nSPS) is 20.6. The first kappa shape index (κ1) is 16.9. The number of fused-ring (bicyclic) bond motifs is 1. The van der Waals surface area contributed by atoms with E-state index in [0.717, 1.165) is 49.9 Å². The second kappa shape index (κ2) is 7.77. The zero-order valence-electron chi connectivity index (χ0n) is 14.2. The van der Waals surface area contributed by atoms with Gasteiger partial charge in [0.1, 0.15) is 0 Å². The number of amides is 1. The molecule has 0 radical (unpaired) electrons. The topological polar surface area (TPSA) is 82.2 Å². The average Bonchev–Trinajstić information content (AvgIpc) is 3.15. The Morgan fingerprint density at radius 2 is 2.25 bits per heavy atom. The van der Waals surface area contributed by atoms with Crippen molar-refractivity contribution in [1.82, 2.24) is 9.55 Å². The third kappa shape index (κ3) is 3.76. The Hall–Kier alpha value is -1.92. The van der Waals surface area contributed by atoms with Crippen molar-refractivity contribution in [3.05, 3.63) is 24.3 Å². The van der Waals surface area contributed by atoms with Crippen molar-refractivity contribution >= 4 is 22.9 Å². The standard InChI is InChI=1S/C18H26N4O2/c1-2-24-11-5-10-22-16-7-4-3-6-15(16)20-18(22)21-17(23)13-8-9-14(19)12-13/h3-4,6-7,13-14H,2,5,8-12,19H2,1H3,(H,20,21,23). The molecule has 1 heterocycles. The maximum atomic E-state index is 12.5. The summed E-state index contributed by atoms with van der Waals surface area (Å²) >= 11 is 0. The van der Waals surface area contributed by atoms with Gasteiger partial charge in [-0.05, 0) is 44.7 Å². The average molecular weight is 330 g/mol. The maximum Gasteiger partial charge on any atom is 0.229 e. The molecule has 130 valence electrons. The number of anilines is 1. The highest BCUT2D eigenvalue weighted by atomic mass is 16.5. The van der Waals surface area contributed by atoms with Crippen LogP contribution in [-0.4, -0.2) is 34.7 Å². The number of ether oxygens (including phenoxy) is 1. The predicted octanol–water partition coefficient (Wildman–Crippen LogP) is 2.53. The number of benzene rings is 1. The fourth-order valence-electron chi connectivity index (χ4n) is 3.33. The highest BCUT2D eigenvalue weighted by Gasteiger charge is 2.28. The number of imidazole rings is 1. The lowest BCUT2D eigenvalue weighted by molar-refractivity contribution is -0.119. The molecular weight excluding hydrogens is 304 g/mol. The molecule has 3 rings (SSSR count). The van der Waals surface area contributed by atoms with Crippen LogP contribution < -0.4 is 11.1 Å². The third-order valence-electron chi connectivity index (χ3n) is 4.61. The minimum absolute atomic E-state index is 0.00307. The van der Waals surface area contributed by atoms with Crippen LogP contribution in [0.1, 0.15) is 32.6 Å². The Morgan fingerprint density at radius 3 is 3.00 bits per heavy atom. The van der Waals surface area contributed by atoms with Crippen molar-refractivity contribution in [3.63, 3.8) is 0 Å². The Morgan fingerprint density at radius 1 is 1.42 bits per heavy atom. The number of carbonyl (C=O) groups excluding carboxylic acids is 1. The summed E-state index contributed by atoms with van der Waals surface area (Å²) in [6.07, 6.45) is 3.42. The number of hydrogen-bond acceptors (Lipinski definition) is 4. The van der Waals surface area contributed by atoms with E-state index in [0.29, 0.717) is 12.6 Å². The van der Waals surface area contributed by atoms with Crippen molar-refractivity contribution in [3.8, 4) is 0 Å². The van der Waals surface area contributed by atoms with Crippen LogP contribution in [0, 0.1) is 5.92 Å². The first-order valence-electron chi connectivity index (χ1n) is 8.78. The number of nitrogens with zero attached hydrogens (tertiary/aromatic N) is 2. The number of aryl methyl sites for hydroxylation is 1. The molecular formula is C18H26N4O2. The first-order valence-corrected chi connectivity index (χ1v) is 8.78. The van der Waals surface area contributed by atoms with E-state index in [9.17, 15) is 4.79 Å². The van der Waals surface area contributed by atoms with Crippen LogP contribution in [-0.2, 0) is 16.1 Å². The van der Waals surface area contributed by atoms with Gasteiger partial charge in [0.15, 0.2) is 0 Å². The molecule has 2 atom stereocenters. The summed E-state index contributed by atoms with van der Waals surface area (Å²) in [6.45, 7) is 4.18. The van der Waals surface area contributed by atoms with Gasteiger partial charge in [0, 0.05) is 31.7 Å². The largest absolute Gasteiger partial charge is 0.382 e. The van der Waals surface area contributed by atoms with Crippen LogP contribution in [0.2, 0.25) is 0 Å². The minimum atomic E-state index is -0.00307. The van der Waals surface area contributed by atoms with E-state index >= 15 is 0 Å². The van der Waals surface area contributed by atoms with Gasteiger partial charge in [0.2, 0.25) is 11.9 Å². The molecule has 6 nitrogen and oxygen atoms in total. The van der Waals surface area contributed by atoms with Crippen LogP contribution in [0.25, 0.3) is 11.0 Å². The van der Waals surface area contributed by atoms with E-state index in [1.807, 2.05) is 31.2 Å². The third-order valence-corrected chi connectivity index (χ3v) is 4.61. The van der Waals surface area contributed by atoms with Crippen LogP contribution in [0.4, 0.5) is 5.95 Å². The molecule has 1 aromatic carbocycles. The van der Waals surface area contributed by atoms with Crippen LogP contribution in [0.15, 0.2) is 24.3 Å². The molecule has 1 saturated carbocycles. The molecule has 1 aromatic heterocycles. The molecule has 0 bridgehead atoms. The van der Waals surface area contributed by atoms with Gasteiger partial charge in [-0.2, -0.15) is 0 Å². The first-order chi connectivity index (χ1) is 11.7. The molecule has 2 aromatic rings. The Labute approximate surface area is 142 Å². The maximum absolute atomic E-state index is 12.5. The van der Waals surface area contributed by atoms with E-state index in [4.69, 9.17) is 10.5 Å². The molecule has 3 N–H and O–H groups in total. The molecule has 0 spiro atoms. The van der Waals surface area contributed by atoms with Crippen molar-refractivity contribution in [1.29, 1.82) is 0 Å². The zero-order valence-corrected chi connectivity index (χ0v) is 14.2. The van der Waals surface area contributed by atoms with Crippen molar-refractivity contribution < 1.29 is 9.53 Å². The second-order valence-corrected chi connectivity index (χ2v) is 6.39. The van der Waals surface area contributed by atoms with Crippen molar-refractivity contribution in [2.24, 2.45) is 11.7 Å². The molecule has 0 aliphatic heterocycles. The Balaban J connectivity index is 1.76.